The van der Waals surface area contributed by atoms with Crippen LogP contribution >= 0.6 is 0 Å². The first-order valence-corrected chi connectivity index (χ1v) is 6.83. The van der Waals surface area contributed by atoms with Crippen molar-refractivity contribution in [2.75, 3.05) is 0 Å². The third-order valence-corrected chi connectivity index (χ3v) is 3.99. The maximum atomic E-state index is 12.5. The van der Waals surface area contributed by atoms with Crippen molar-refractivity contribution in [2.45, 2.75) is 32.7 Å². The standard InChI is InChI=1S/C15H16N2O3/c1-9-2-5-13-16-12-8-10(15(19)20)3-4-11(12)14(18)17(13)7-6-9/h3-4,8-9H,2,5-7H2,1H3,(H,19,20). The fraction of sp³-hybridized carbons (Fsp3) is 0.400. The number of aryl methyl sites for hydroxylation is 1. The molecule has 1 aliphatic heterocycles. The summed E-state index contributed by atoms with van der Waals surface area (Å²) in [6.45, 7) is 2.87. The Morgan fingerprint density at radius 3 is 2.95 bits per heavy atom. The predicted octanol–water partition coefficient (Wildman–Crippen LogP) is 2.07. The van der Waals surface area contributed by atoms with Gasteiger partial charge in [-0.05, 0) is 37.0 Å². The van der Waals surface area contributed by atoms with Crippen LogP contribution in [0.15, 0.2) is 23.0 Å². The first kappa shape index (κ1) is 12.8. The van der Waals surface area contributed by atoms with E-state index < -0.39 is 5.97 Å². The van der Waals surface area contributed by atoms with Crippen LogP contribution in [0.4, 0.5) is 0 Å². The van der Waals surface area contributed by atoms with Gasteiger partial charge in [-0.25, -0.2) is 9.78 Å². The maximum Gasteiger partial charge on any atom is 0.335 e. The maximum absolute atomic E-state index is 12.5. The molecule has 1 N–H and O–H groups in total. The van der Waals surface area contributed by atoms with Gasteiger partial charge in [0, 0.05) is 13.0 Å². The van der Waals surface area contributed by atoms with E-state index in [2.05, 4.69) is 11.9 Å². The molecule has 104 valence electrons. The summed E-state index contributed by atoms with van der Waals surface area (Å²) in [5.74, 6) is 0.348. The summed E-state index contributed by atoms with van der Waals surface area (Å²) in [7, 11) is 0. The molecule has 1 aromatic heterocycles. The van der Waals surface area contributed by atoms with Gasteiger partial charge in [-0.15, -0.1) is 0 Å². The Morgan fingerprint density at radius 2 is 2.20 bits per heavy atom. The lowest BCUT2D eigenvalue weighted by Gasteiger charge is -2.10. The second kappa shape index (κ2) is 4.74. The van der Waals surface area contributed by atoms with Crippen molar-refractivity contribution in [3.63, 3.8) is 0 Å². The topological polar surface area (TPSA) is 72.2 Å². The van der Waals surface area contributed by atoms with Gasteiger partial charge in [0.25, 0.3) is 5.56 Å². The van der Waals surface area contributed by atoms with Gasteiger partial charge in [0.05, 0.1) is 16.5 Å². The van der Waals surface area contributed by atoms with Crippen LogP contribution < -0.4 is 5.56 Å². The Bertz CT molecular complexity index is 749. The van der Waals surface area contributed by atoms with Crippen molar-refractivity contribution in [3.8, 4) is 0 Å². The molecule has 5 heteroatoms. The second-order valence-corrected chi connectivity index (χ2v) is 5.45. The number of carboxylic acids is 1. The highest BCUT2D eigenvalue weighted by Gasteiger charge is 2.17. The molecule has 0 amide bonds. The van der Waals surface area contributed by atoms with E-state index in [1.165, 1.54) is 12.1 Å². The van der Waals surface area contributed by atoms with Crippen LogP contribution in [0.2, 0.25) is 0 Å². The van der Waals surface area contributed by atoms with Crippen molar-refractivity contribution in [1.29, 1.82) is 0 Å². The number of aromatic carboxylic acids is 1. The van der Waals surface area contributed by atoms with Crippen molar-refractivity contribution < 1.29 is 9.90 Å². The number of fused-ring (bicyclic) bond motifs is 2. The molecule has 0 aliphatic carbocycles. The van der Waals surface area contributed by atoms with Crippen molar-refractivity contribution in [1.82, 2.24) is 9.55 Å². The first-order chi connectivity index (χ1) is 9.56. The minimum atomic E-state index is -1.00. The van der Waals surface area contributed by atoms with Crippen molar-refractivity contribution in [2.24, 2.45) is 5.92 Å². The Hall–Kier alpha value is -2.17. The molecule has 0 saturated heterocycles. The molecule has 0 fully saturated rings. The molecule has 0 spiro atoms. The van der Waals surface area contributed by atoms with Crippen LogP contribution in [0.25, 0.3) is 10.9 Å². The molecule has 0 radical (unpaired) electrons. The third kappa shape index (κ3) is 2.09. The van der Waals surface area contributed by atoms with Gasteiger partial charge in [-0.2, -0.15) is 0 Å². The molecule has 1 unspecified atom stereocenters. The highest BCUT2D eigenvalue weighted by molar-refractivity contribution is 5.92. The van der Waals surface area contributed by atoms with Gasteiger partial charge in [0.15, 0.2) is 0 Å². The largest absolute Gasteiger partial charge is 0.478 e. The third-order valence-electron chi connectivity index (χ3n) is 3.99. The summed E-state index contributed by atoms with van der Waals surface area (Å²) in [4.78, 5) is 28.0. The van der Waals surface area contributed by atoms with Crippen LogP contribution in [-0.2, 0) is 13.0 Å². The van der Waals surface area contributed by atoms with Gasteiger partial charge in [-0.3, -0.25) is 9.36 Å². The molecule has 0 bridgehead atoms. The summed E-state index contributed by atoms with van der Waals surface area (Å²) in [6.07, 6.45) is 2.76. The van der Waals surface area contributed by atoms with Crippen molar-refractivity contribution in [3.05, 3.63) is 39.9 Å². The lowest BCUT2D eigenvalue weighted by Crippen LogP contribution is -2.24. The van der Waals surface area contributed by atoms with Crippen LogP contribution in [0.1, 0.15) is 35.9 Å². The van der Waals surface area contributed by atoms with E-state index in [0.29, 0.717) is 23.4 Å². The van der Waals surface area contributed by atoms with Crippen molar-refractivity contribution >= 4 is 16.9 Å². The Morgan fingerprint density at radius 1 is 1.40 bits per heavy atom. The number of rotatable bonds is 1. The molecule has 1 aliphatic rings. The van der Waals surface area contributed by atoms with E-state index in [9.17, 15) is 9.59 Å². The first-order valence-electron chi connectivity index (χ1n) is 6.83. The Balaban J connectivity index is 2.22. The summed E-state index contributed by atoms with van der Waals surface area (Å²) in [5.41, 5.74) is 0.586. The minimum absolute atomic E-state index is 0.0592. The number of carboxylic acid groups (broad SMARTS) is 1. The average molecular weight is 272 g/mol. The summed E-state index contributed by atoms with van der Waals surface area (Å²) < 4.78 is 1.74. The average Bonchev–Trinajstić information content (AvgIpc) is 2.61. The lowest BCUT2D eigenvalue weighted by atomic mass is 10.0. The molecule has 1 aromatic carbocycles. The minimum Gasteiger partial charge on any atom is -0.478 e. The van der Waals surface area contributed by atoms with Crippen LogP contribution in [0.5, 0.6) is 0 Å². The van der Waals surface area contributed by atoms with E-state index in [0.717, 1.165) is 25.1 Å². The number of aromatic nitrogens is 2. The Kier molecular flexibility index (Phi) is 3.04. The van der Waals surface area contributed by atoms with E-state index in [-0.39, 0.29) is 11.1 Å². The summed E-state index contributed by atoms with van der Waals surface area (Å²) >= 11 is 0. The highest BCUT2D eigenvalue weighted by Crippen LogP contribution is 2.19. The molecule has 20 heavy (non-hydrogen) atoms. The predicted molar refractivity (Wildman–Crippen MR) is 75.1 cm³/mol. The number of carbonyl (C=O) groups is 1. The summed E-state index contributed by atoms with van der Waals surface area (Å²) in [6, 6.07) is 4.50. The monoisotopic (exact) mass is 272 g/mol. The number of hydrogen-bond donors (Lipinski definition) is 1. The zero-order valence-electron chi connectivity index (χ0n) is 11.3. The van der Waals surface area contributed by atoms with E-state index in [1.807, 2.05) is 0 Å². The van der Waals surface area contributed by atoms with Gasteiger partial charge in [-0.1, -0.05) is 6.92 Å². The van der Waals surface area contributed by atoms with Gasteiger partial charge >= 0.3 is 5.97 Å². The van der Waals surface area contributed by atoms with E-state index in [1.54, 1.807) is 10.6 Å². The van der Waals surface area contributed by atoms with Crippen LogP contribution in [0.3, 0.4) is 0 Å². The molecular weight excluding hydrogens is 256 g/mol. The number of nitrogens with zero attached hydrogens (tertiary/aromatic N) is 2. The smallest absolute Gasteiger partial charge is 0.335 e. The molecule has 2 aromatic rings. The van der Waals surface area contributed by atoms with Crippen LogP contribution in [0, 0.1) is 5.92 Å². The lowest BCUT2D eigenvalue weighted by molar-refractivity contribution is 0.0697. The molecule has 2 heterocycles. The second-order valence-electron chi connectivity index (χ2n) is 5.45. The highest BCUT2D eigenvalue weighted by atomic mass is 16.4. The zero-order chi connectivity index (χ0) is 14.3. The number of hydrogen-bond acceptors (Lipinski definition) is 3. The van der Waals surface area contributed by atoms with E-state index in [4.69, 9.17) is 5.11 Å². The SMILES string of the molecule is CC1CCc2nc3cc(C(=O)O)ccc3c(=O)n2CC1. The molecule has 5 nitrogen and oxygen atoms in total. The van der Waals surface area contributed by atoms with Gasteiger partial charge in [0.2, 0.25) is 0 Å². The molecule has 0 saturated carbocycles. The Labute approximate surface area is 115 Å². The molecular formula is C15H16N2O3. The number of benzene rings is 1. The fourth-order valence-electron chi connectivity index (χ4n) is 2.69. The fourth-order valence-corrected chi connectivity index (χ4v) is 2.69. The zero-order valence-corrected chi connectivity index (χ0v) is 11.3. The normalized spacial score (nSPS) is 18.6. The van der Waals surface area contributed by atoms with Crippen LogP contribution in [-0.4, -0.2) is 20.6 Å². The quantitative estimate of drug-likeness (QED) is 0.862. The molecule has 1 atom stereocenters. The molecule has 3 rings (SSSR count). The van der Waals surface area contributed by atoms with Gasteiger partial charge < -0.3 is 5.11 Å². The summed E-state index contributed by atoms with van der Waals surface area (Å²) in [5, 5.41) is 9.51. The van der Waals surface area contributed by atoms with Gasteiger partial charge in [0.1, 0.15) is 5.82 Å². The van der Waals surface area contributed by atoms with E-state index >= 15 is 0 Å².